The number of rotatable bonds is 7. The van der Waals surface area contributed by atoms with E-state index in [1.807, 2.05) is 26.0 Å². The Morgan fingerprint density at radius 2 is 2.08 bits per heavy atom. The molecule has 0 radical (unpaired) electrons. The van der Waals surface area contributed by atoms with Gasteiger partial charge in [0, 0.05) is 19.6 Å². The average molecular weight is 507 g/mol. The van der Waals surface area contributed by atoms with E-state index in [0.29, 0.717) is 18.2 Å². The van der Waals surface area contributed by atoms with E-state index in [1.165, 1.54) is 5.56 Å². The number of para-hydroxylation sites is 1. The molecule has 2 atom stereocenters. The van der Waals surface area contributed by atoms with Gasteiger partial charge in [0.15, 0.2) is 11.5 Å². The van der Waals surface area contributed by atoms with Crippen LogP contribution in [0.4, 0.5) is 0 Å². The summed E-state index contributed by atoms with van der Waals surface area (Å²) in [5, 5.41) is 3.75. The van der Waals surface area contributed by atoms with Crippen LogP contribution in [0.15, 0.2) is 39.8 Å². The van der Waals surface area contributed by atoms with Crippen LogP contribution >= 0.6 is 0 Å². The van der Waals surface area contributed by atoms with Crippen LogP contribution < -0.4 is 15.2 Å². The lowest BCUT2D eigenvalue weighted by molar-refractivity contribution is 0.0668. The van der Waals surface area contributed by atoms with Gasteiger partial charge in [0.05, 0.1) is 36.4 Å². The van der Waals surface area contributed by atoms with Crippen molar-refractivity contribution in [2.24, 2.45) is 0 Å². The van der Waals surface area contributed by atoms with E-state index in [1.54, 1.807) is 13.3 Å². The average Bonchev–Trinajstić information content (AvgIpc) is 3.60. The van der Waals surface area contributed by atoms with Crippen molar-refractivity contribution in [3.05, 3.63) is 52.4 Å². The van der Waals surface area contributed by atoms with Gasteiger partial charge < -0.3 is 18.8 Å². The van der Waals surface area contributed by atoms with Gasteiger partial charge in [-0.25, -0.2) is 9.78 Å². The number of methoxy groups -OCH3 is 1. The standard InChI is InChI=1S/C26H30N6O5/c1-15(34-3)13-32-21-12-27-20(25-29-26(33)37-30-25)11-19(21)28-23(32)14-31-9-7-17(8-10-31)18-5-4-6-22-24(18)36-16(2)35-22/h4-6,11-12,15-17H,7-10,13-14H2,1-3H3,(H,29,30,33)/t15-,16-/m0/s1. The number of nitrogens with one attached hydrogen (secondary N) is 1. The molecule has 0 aliphatic carbocycles. The largest absolute Gasteiger partial charge is 0.451 e. The fourth-order valence-electron chi connectivity index (χ4n) is 5.24. The summed E-state index contributed by atoms with van der Waals surface area (Å²) >= 11 is 0. The Morgan fingerprint density at radius 1 is 1.24 bits per heavy atom. The van der Waals surface area contributed by atoms with Crippen LogP contribution in [0.1, 0.15) is 44.0 Å². The second-order valence-corrected chi connectivity index (χ2v) is 9.72. The summed E-state index contributed by atoms with van der Waals surface area (Å²) in [4.78, 5) is 25.8. The van der Waals surface area contributed by atoms with Crippen LogP contribution in [0, 0.1) is 0 Å². The van der Waals surface area contributed by atoms with Crippen molar-refractivity contribution >= 4 is 11.0 Å². The first-order chi connectivity index (χ1) is 18.0. The van der Waals surface area contributed by atoms with Gasteiger partial charge in [0.2, 0.25) is 12.1 Å². The lowest BCUT2D eigenvalue weighted by Gasteiger charge is -2.32. The van der Waals surface area contributed by atoms with E-state index in [4.69, 9.17) is 19.2 Å². The zero-order valence-electron chi connectivity index (χ0n) is 21.1. The highest BCUT2D eigenvalue weighted by atomic mass is 16.7. The normalized spacial score (nSPS) is 19.1. The number of aromatic nitrogens is 5. The van der Waals surface area contributed by atoms with Crippen molar-refractivity contribution in [1.29, 1.82) is 0 Å². The molecule has 11 nitrogen and oxygen atoms in total. The first-order valence-corrected chi connectivity index (χ1v) is 12.6. The van der Waals surface area contributed by atoms with E-state index >= 15 is 0 Å². The molecule has 1 saturated heterocycles. The molecule has 0 spiro atoms. The molecule has 1 fully saturated rings. The number of nitrogens with zero attached hydrogens (tertiary/aromatic N) is 5. The van der Waals surface area contributed by atoms with Gasteiger partial charge in [-0.3, -0.25) is 19.4 Å². The zero-order valence-corrected chi connectivity index (χ0v) is 21.1. The molecule has 0 unspecified atom stereocenters. The maximum Gasteiger partial charge on any atom is 0.439 e. The van der Waals surface area contributed by atoms with Gasteiger partial charge in [-0.1, -0.05) is 17.3 Å². The van der Waals surface area contributed by atoms with Crippen LogP contribution in [-0.4, -0.2) is 62.2 Å². The number of ether oxygens (including phenoxy) is 3. The summed E-state index contributed by atoms with van der Waals surface area (Å²) in [5.74, 6) is 2.80. The fraction of sp³-hybridized carbons (Fsp3) is 0.462. The molecular weight excluding hydrogens is 476 g/mol. The lowest BCUT2D eigenvalue weighted by atomic mass is 9.88. The number of benzene rings is 1. The van der Waals surface area contributed by atoms with Crippen molar-refractivity contribution in [1.82, 2.24) is 29.6 Å². The van der Waals surface area contributed by atoms with Gasteiger partial charge in [-0.15, -0.1) is 0 Å². The maximum atomic E-state index is 11.4. The van der Waals surface area contributed by atoms with E-state index in [9.17, 15) is 4.79 Å². The van der Waals surface area contributed by atoms with Gasteiger partial charge in [-0.05, 0) is 50.9 Å². The number of pyridine rings is 1. The van der Waals surface area contributed by atoms with Crippen molar-refractivity contribution in [3.8, 4) is 23.0 Å². The van der Waals surface area contributed by atoms with Gasteiger partial charge in [0.1, 0.15) is 11.5 Å². The molecule has 11 heteroatoms. The van der Waals surface area contributed by atoms with Crippen molar-refractivity contribution in [2.75, 3.05) is 20.2 Å². The number of aromatic amines is 1. The van der Waals surface area contributed by atoms with Crippen LogP contribution in [0.25, 0.3) is 22.6 Å². The molecule has 2 aliphatic heterocycles. The van der Waals surface area contributed by atoms with Crippen molar-refractivity contribution < 1.29 is 18.7 Å². The highest BCUT2D eigenvalue weighted by molar-refractivity contribution is 5.78. The van der Waals surface area contributed by atoms with Crippen LogP contribution in [0.3, 0.4) is 0 Å². The smallest absolute Gasteiger partial charge is 0.439 e. The topological polar surface area (TPSA) is 121 Å². The molecule has 5 heterocycles. The Bertz CT molecular complexity index is 1470. The number of likely N-dealkylation sites (tertiary alicyclic amines) is 1. The number of imidazole rings is 1. The maximum absolute atomic E-state index is 11.4. The molecule has 0 saturated carbocycles. The molecular formula is C26H30N6O5. The number of H-pyrrole nitrogens is 1. The third kappa shape index (κ3) is 4.60. The summed E-state index contributed by atoms with van der Waals surface area (Å²) in [7, 11) is 1.71. The Kier molecular flexibility index (Phi) is 6.17. The van der Waals surface area contributed by atoms with Gasteiger partial charge in [0.25, 0.3) is 0 Å². The predicted molar refractivity (Wildman–Crippen MR) is 135 cm³/mol. The highest BCUT2D eigenvalue weighted by Crippen LogP contribution is 2.43. The van der Waals surface area contributed by atoms with E-state index < -0.39 is 5.76 Å². The molecule has 0 amide bonds. The third-order valence-corrected chi connectivity index (χ3v) is 7.22. The Morgan fingerprint density at radius 3 is 2.84 bits per heavy atom. The molecule has 2 aliphatic rings. The Labute approximate surface area is 213 Å². The summed E-state index contributed by atoms with van der Waals surface area (Å²) in [6, 6.07) is 8.02. The third-order valence-electron chi connectivity index (χ3n) is 7.22. The van der Waals surface area contributed by atoms with Crippen LogP contribution in [0.5, 0.6) is 11.5 Å². The molecule has 1 aromatic carbocycles. The van der Waals surface area contributed by atoms with E-state index in [0.717, 1.165) is 60.8 Å². The first kappa shape index (κ1) is 23.7. The number of hydrogen-bond donors (Lipinski definition) is 1. The van der Waals surface area contributed by atoms with Crippen molar-refractivity contribution in [3.63, 3.8) is 0 Å². The quantitative estimate of drug-likeness (QED) is 0.402. The second-order valence-electron chi connectivity index (χ2n) is 9.72. The fourth-order valence-corrected chi connectivity index (χ4v) is 5.24. The van der Waals surface area contributed by atoms with E-state index in [-0.39, 0.29) is 18.2 Å². The summed E-state index contributed by atoms with van der Waals surface area (Å²) in [5.41, 5.74) is 3.45. The molecule has 3 aromatic heterocycles. The molecule has 0 bridgehead atoms. The minimum atomic E-state index is -0.616. The molecule has 4 aromatic rings. The second kappa shape index (κ2) is 9.64. The summed E-state index contributed by atoms with van der Waals surface area (Å²) in [6.07, 6.45) is 3.61. The minimum absolute atomic E-state index is 0.0123. The number of fused-ring (bicyclic) bond motifs is 2. The summed E-state index contributed by atoms with van der Waals surface area (Å²) < 4.78 is 24.1. The van der Waals surface area contributed by atoms with E-state index in [2.05, 4.69) is 41.2 Å². The van der Waals surface area contributed by atoms with Crippen LogP contribution in [-0.2, 0) is 17.8 Å². The molecule has 6 rings (SSSR count). The first-order valence-electron chi connectivity index (χ1n) is 12.6. The molecule has 194 valence electrons. The van der Waals surface area contributed by atoms with Gasteiger partial charge in [-0.2, -0.15) is 0 Å². The highest BCUT2D eigenvalue weighted by Gasteiger charge is 2.30. The van der Waals surface area contributed by atoms with Crippen LogP contribution in [0.2, 0.25) is 0 Å². The monoisotopic (exact) mass is 506 g/mol. The zero-order chi connectivity index (χ0) is 25.5. The Balaban J connectivity index is 1.22. The molecule has 1 N–H and O–H groups in total. The number of hydrogen-bond acceptors (Lipinski definition) is 9. The Hall–Kier alpha value is -3.70. The number of piperidine rings is 1. The molecule has 37 heavy (non-hydrogen) atoms. The minimum Gasteiger partial charge on any atom is -0.451 e. The van der Waals surface area contributed by atoms with Gasteiger partial charge >= 0.3 is 5.76 Å². The lowest BCUT2D eigenvalue weighted by Crippen LogP contribution is -2.33. The summed E-state index contributed by atoms with van der Waals surface area (Å²) in [6.45, 7) is 7.25. The predicted octanol–water partition coefficient (Wildman–Crippen LogP) is 3.31. The van der Waals surface area contributed by atoms with Crippen molar-refractivity contribution in [2.45, 2.75) is 58.1 Å². The SMILES string of the molecule is CO[C@@H](C)Cn1c(CN2CCC(c3cccc4c3O[C@@H](C)O4)CC2)nc2cc(-c3noc(=O)[nH]3)ncc21.